The van der Waals surface area contributed by atoms with Crippen LogP contribution in [-0.2, 0) is 6.54 Å². The largest absolute Gasteiger partial charge is 0.313 e. The highest BCUT2D eigenvalue weighted by molar-refractivity contribution is 5.41. The van der Waals surface area contributed by atoms with E-state index >= 15 is 0 Å². The zero-order valence-corrected chi connectivity index (χ0v) is 11.3. The summed E-state index contributed by atoms with van der Waals surface area (Å²) in [6.07, 6.45) is 6.65. The maximum atomic E-state index is 4.64. The summed E-state index contributed by atoms with van der Waals surface area (Å²) in [5.74, 6) is 0.980. The van der Waals surface area contributed by atoms with Gasteiger partial charge in [0.15, 0.2) is 0 Å². The van der Waals surface area contributed by atoms with Crippen molar-refractivity contribution >= 4 is 0 Å². The third kappa shape index (κ3) is 2.76. The molecule has 1 N–H and O–H groups in total. The molecule has 0 aliphatic heterocycles. The summed E-state index contributed by atoms with van der Waals surface area (Å²) in [4.78, 5) is 8.74. The molecule has 18 heavy (non-hydrogen) atoms. The van der Waals surface area contributed by atoms with E-state index in [4.69, 9.17) is 0 Å². The smallest absolute Gasteiger partial charge is 0.142 e. The molecule has 2 rings (SSSR count). The first-order valence-electron chi connectivity index (χ1n) is 6.38. The van der Waals surface area contributed by atoms with E-state index in [1.165, 1.54) is 11.1 Å². The molecule has 2 aromatic heterocycles. The number of aromatic nitrogens is 3. The Hall–Kier alpha value is -1.68. The lowest BCUT2D eigenvalue weighted by Gasteiger charge is -2.14. The van der Waals surface area contributed by atoms with Crippen LogP contribution in [0.25, 0.3) is 5.82 Å². The fraction of sp³-hybridized carbons (Fsp3) is 0.429. The van der Waals surface area contributed by atoms with Crippen molar-refractivity contribution < 1.29 is 0 Å². The van der Waals surface area contributed by atoms with Crippen molar-refractivity contribution in [3.05, 3.63) is 41.6 Å². The Balaban J connectivity index is 2.36. The van der Waals surface area contributed by atoms with Crippen LogP contribution in [0, 0.1) is 13.8 Å². The van der Waals surface area contributed by atoms with Gasteiger partial charge in [-0.25, -0.2) is 9.97 Å². The van der Waals surface area contributed by atoms with E-state index in [2.05, 4.69) is 35.2 Å². The highest BCUT2D eigenvalue weighted by atomic mass is 15.1. The van der Waals surface area contributed by atoms with Crippen molar-refractivity contribution in [3.63, 3.8) is 0 Å². The van der Waals surface area contributed by atoms with E-state index in [0.717, 1.165) is 31.0 Å². The minimum atomic E-state index is 0.848. The Labute approximate surface area is 108 Å². The Morgan fingerprint density at radius 1 is 1.33 bits per heavy atom. The lowest BCUT2D eigenvalue weighted by Crippen LogP contribution is -2.17. The van der Waals surface area contributed by atoms with Gasteiger partial charge in [-0.2, -0.15) is 0 Å². The molecule has 0 spiro atoms. The van der Waals surface area contributed by atoms with Gasteiger partial charge in [0.05, 0.1) is 0 Å². The van der Waals surface area contributed by atoms with Crippen LogP contribution < -0.4 is 5.32 Å². The van der Waals surface area contributed by atoms with Gasteiger partial charge >= 0.3 is 0 Å². The number of hydrogen-bond acceptors (Lipinski definition) is 3. The second kappa shape index (κ2) is 5.78. The summed E-state index contributed by atoms with van der Waals surface area (Å²) >= 11 is 0. The van der Waals surface area contributed by atoms with Crippen LogP contribution in [0.5, 0.6) is 0 Å². The van der Waals surface area contributed by atoms with Gasteiger partial charge in [-0.15, -0.1) is 0 Å². The van der Waals surface area contributed by atoms with Gasteiger partial charge < -0.3 is 5.32 Å². The minimum absolute atomic E-state index is 0.848. The maximum absolute atomic E-state index is 4.64. The highest BCUT2D eigenvalue weighted by Gasteiger charge is 2.09. The van der Waals surface area contributed by atoms with Crippen molar-refractivity contribution in [1.29, 1.82) is 0 Å². The molecule has 0 amide bonds. The Kier molecular flexibility index (Phi) is 4.10. The second-order valence-corrected chi connectivity index (χ2v) is 4.53. The van der Waals surface area contributed by atoms with Crippen LogP contribution >= 0.6 is 0 Å². The van der Waals surface area contributed by atoms with Crippen LogP contribution in [0.15, 0.2) is 24.8 Å². The van der Waals surface area contributed by atoms with E-state index in [1.807, 2.05) is 17.7 Å². The molecule has 0 aliphatic carbocycles. The quantitative estimate of drug-likeness (QED) is 0.821. The maximum Gasteiger partial charge on any atom is 0.142 e. The van der Waals surface area contributed by atoms with Gasteiger partial charge in [0.25, 0.3) is 0 Å². The van der Waals surface area contributed by atoms with Gasteiger partial charge in [0, 0.05) is 30.2 Å². The van der Waals surface area contributed by atoms with Crippen LogP contribution in [0.2, 0.25) is 0 Å². The van der Waals surface area contributed by atoms with Gasteiger partial charge in [0.2, 0.25) is 0 Å². The SMILES string of the molecule is CCCNCc1c(C)cc(C)nc1-n1ccnc1. The molecule has 0 aliphatic rings. The van der Waals surface area contributed by atoms with Gasteiger partial charge in [0.1, 0.15) is 12.1 Å². The Bertz CT molecular complexity index is 503. The van der Waals surface area contributed by atoms with Crippen molar-refractivity contribution in [2.75, 3.05) is 6.54 Å². The third-order valence-electron chi connectivity index (χ3n) is 2.93. The summed E-state index contributed by atoms with van der Waals surface area (Å²) in [6.45, 7) is 8.20. The molecule has 0 saturated heterocycles. The highest BCUT2D eigenvalue weighted by Crippen LogP contribution is 2.17. The normalized spacial score (nSPS) is 10.8. The average Bonchev–Trinajstić information content (AvgIpc) is 2.85. The Morgan fingerprint density at radius 2 is 2.17 bits per heavy atom. The fourth-order valence-electron chi connectivity index (χ4n) is 2.05. The van der Waals surface area contributed by atoms with Crippen LogP contribution in [0.4, 0.5) is 0 Å². The van der Waals surface area contributed by atoms with Crippen LogP contribution in [0.1, 0.15) is 30.2 Å². The van der Waals surface area contributed by atoms with Gasteiger partial charge in [-0.3, -0.25) is 4.57 Å². The number of rotatable bonds is 5. The number of pyridine rings is 1. The van der Waals surface area contributed by atoms with Gasteiger partial charge in [-0.05, 0) is 38.4 Å². The lowest BCUT2D eigenvalue weighted by atomic mass is 10.1. The van der Waals surface area contributed by atoms with E-state index in [0.29, 0.717) is 0 Å². The standard InChI is InChI=1S/C14H20N4/c1-4-5-15-9-13-11(2)8-12(3)17-14(13)18-7-6-16-10-18/h6-8,10,15H,4-5,9H2,1-3H3. The molecule has 0 fully saturated rings. The molecule has 0 unspecified atom stereocenters. The molecular weight excluding hydrogens is 224 g/mol. The third-order valence-corrected chi connectivity index (χ3v) is 2.93. The minimum Gasteiger partial charge on any atom is -0.313 e. The molecule has 0 saturated carbocycles. The topological polar surface area (TPSA) is 42.7 Å². The van der Waals surface area contributed by atoms with Crippen molar-refractivity contribution in [3.8, 4) is 5.82 Å². The van der Waals surface area contributed by atoms with E-state index in [1.54, 1.807) is 12.5 Å². The summed E-state index contributed by atoms with van der Waals surface area (Å²) in [5, 5.41) is 3.44. The van der Waals surface area contributed by atoms with Crippen molar-refractivity contribution in [2.24, 2.45) is 0 Å². The monoisotopic (exact) mass is 244 g/mol. The van der Waals surface area contributed by atoms with E-state index < -0.39 is 0 Å². The number of nitrogens with zero attached hydrogens (tertiary/aromatic N) is 3. The lowest BCUT2D eigenvalue weighted by molar-refractivity contribution is 0.667. The predicted molar refractivity (Wildman–Crippen MR) is 72.8 cm³/mol. The zero-order chi connectivity index (χ0) is 13.0. The zero-order valence-electron chi connectivity index (χ0n) is 11.3. The molecule has 4 nitrogen and oxygen atoms in total. The molecular formula is C14H20N4. The first-order chi connectivity index (χ1) is 8.72. The summed E-state index contributed by atoms with van der Waals surface area (Å²) in [7, 11) is 0. The van der Waals surface area contributed by atoms with Crippen LogP contribution in [0.3, 0.4) is 0 Å². The fourth-order valence-corrected chi connectivity index (χ4v) is 2.05. The van der Waals surface area contributed by atoms with Crippen molar-refractivity contribution in [1.82, 2.24) is 19.9 Å². The van der Waals surface area contributed by atoms with Gasteiger partial charge in [-0.1, -0.05) is 6.92 Å². The molecule has 96 valence electrons. The number of imidazole rings is 1. The predicted octanol–water partition coefficient (Wildman–Crippen LogP) is 2.38. The molecule has 0 aromatic carbocycles. The van der Waals surface area contributed by atoms with E-state index in [9.17, 15) is 0 Å². The average molecular weight is 244 g/mol. The summed E-state index contributed by atoms with van der Waals surface area (Å²) < 4.78 is 1.98. The van der Waals surface area contributed by atoms with E-state index in [-0.39, 0.29) is 0 Å². The van der Waals surface area contributed by atoms with Crippen molar-refractivity contribution in [2.45, 2.75) is 33.7 Å². The number of hydrogen-bond donors (Lipinski definition) is 1. The summed E-state index contributed by atoms with van der Waals surface area (Å²) in [5.41, 5.74) is 3.55. The Morgan fingerprint density at radius 3 is 2.83 bits per heavy atom. The van der Waals surface area contributed by atoms with Crippen LogP contribution in [-0.4, -0.2) is 21.1 Å². The number of nitrogens with one attached hydrogen (secondary N) is 1. The summed E-state index contributed by atoms with van der Waals surface area (Å²) in [6, 6.07) is 2.13. The molecule has 2 aromatic rings. The second-order valence-electron chi connectivity index (χ2n) is 4.53. The first-order valence-corrected chi connectivity index (χ1v) is 6.38. The number of aryl methyl sites for hydroxylation is 2. The molecule has 0 atom stereocenters. The molecule has 0 radical (unpaired) electrons. The molecule has 2 heterocycles. The first kappa shape index (κ1) is 12.8. The molecule has 0 bridgehead atoms. The molecule has 4 heteroatoms.